The molecule has 4 atom stereocenters. The Labute approximate surface area is 732 Å². The van der Waals surface area contributed by atoms with E-state index in [4.69, 9.17) is 47.0 Å². The zero-order valence-electron chi connectivity index (χ0n) is 70.1. The Morgan fingerprint density at radius 3 is 1.72 bits per heavy atom. The van der Waals surface area contributed by atoms with E-state index in [0.717, 1.165) is 0 Å². The summed E-state index contributed by atoms with van der Waals surface area (Å²) in [6, 6.07) is 27.4. The van der Waals surface area contributed by atoms with Crippen molar-refractivity contribution in [3.63, 3.8) is 0 Å². The summed E-state index contributed by atoms with van der Waals surface area (Å²) in [6.45, 7) is 3.48. The van der Waals surface area contributed by atoms with Gasteiger partial charge in [-0.05, 0) is 191 Å². The number of unbranched alkanes of at least 4 members (excludes halogenated alkanes) is 2. The van der Waals surface area contributed by atoms with Crippen molar-refractivity contribution in [3.05, 3.63) is 177 Å². The van der Waals surface area contributed by atoms with Crippen LogP contribution >= 0.6 is 0 Å². The number of rotatable bonds is 26. The van der Waals surface area contributed by atoms with Crippen molar-refractivity contribution in [2.24, 2.45) is 40.7 Å². The number of carbonyl (C=O) groups excluding carboxylic acids is 12. The minimum absolute atomic E-state index is 0.0168. The maximum atomic E-state index is 14.5. The quantitative estimate of drug-likeness (QED) is 0.0243. The summed E-state index contributed by atoms with van der Waals surface area (Å²) in [6.07, 6.45) is 3.98. The molecule has 13 rings (SSSR count). The first-order chi connectivity index (χ1) is 61.6. The van der Waals surface area contributed by atoms with Crippen LogP contribution in [0.25, 0.3) is 33.4 Å². The summed E-state index contributed by atoms with van der Waals surface area (Å²) in [5, 5.41) is 55.7. The zero-order valence-corrected chi connectivity index (χ0v) is 70.1. The molecule has 0 spiro atoms. The van der Waals surface area contributed by atoms with E-state index in [1.54, 1.807) is 37.3 Å². The molecule has 0 unspecified atom stereocenters. The van der Waals surface area contributed by atoms with Crippen molar-refractivity contribution in [3.8, 4) is 33.9 Å². The summed E-state index contributed by atoms with van der Waals surface area (Å²) >= 11 is 0. The number of piperidine rings is 2. The Balaban J connectivity index is 0.687. The SMILES string of the molecule is CC[C@H](C)[C@@H]1NC(=O)c2cc(NC(=O)CNC(=O)C3CCN(c4nc(Nc5ccc(-c6c7ccc(=O)cc-7oc7cc(O)ccc67)c(C(=O)O)c5)nc(N5CCC(C(=O)NCC(=O)Nc6ccc7c(c6)C(=O)NCC(=O)N[C@@H](CCCCN)C(=O)Nc6cc(C(N)=O)ccc6CO7)CC5)n4)CC3)ccc2NCc2ccc(C(N)=O)cc2NC(=O)[C@H](CCCCN)NC1=O. The number of fused-ring (bicyclic) bond motifs is 6. The molecule has 6 aromatic carbocycles. The molecule has 12 amide bonds. The molecule has 7 aromatic rings. The lowest BCUT2D eigenvalue weighted by atomic mass is 9.90. The molecule has 0 saturated carbocycles. The molecule has 39 heteroatoms. The number of amides is 12. The van der Waals surface area contributed by atoms with E-state index >= 15 is 0 Å². The normalized spacial score (nSPS) is 16.9. The fraction of sp³-hybridized carbons (Fsp3) is 0.337. The number of benzene rings is 7. The van der Waals surface area contributed by atoms with E-state index in [2.05, 4.69) is 63.8 Å². The van der Waals surface area contributed by atoms with Crippen LogP contribution in [0.15, 0.2) is 137 Å². The number of primary amides is 2. The van der Waals surface area contributed by atoms with E-state index in [0.29, 0.717) is 72.8 Å². The molecule has 2 fully saturated rings. The monoisotopic (exact) mass is 1750 g/mol. The van der Waals surface area contributed by atoms with Gasteiger partial charge in [-0.1, -0.05) is 38.5 Å². The van der Waals surface area contributed by atoms with Crippen molar-refractivity contribution in [1.82, 2.24) is 46.9 Å². The van der Waals surface area contributed by atoms with Crippen LogP contribution < -0.4 is 107 Å². The van der Waals surface area contributed by atoms with Gasteiger partial charge in [-0.25, -0.2) is 4.79 Å². The number of aromatic nitrogens is 3. The second-order valence-corrected chi connectivity index (χ2v) is 31.7. The number of nitrogens with two attached hydrogens (primary N) is 4. The third-order valence-electron chi connectivity index (χ3n) is 22.8. The number of phenols is 1. The molecule has 1 aromatic heterocycles. The largest absolute Gasteiger partial charge is 0.508 e. The first-order valence-corrected chi connectivity index (χ1v) is 42.0. The number of aromatic carboxylic acids is 1. The summed E-state index contributed by atoms with van der Waals surface area (Å²) in [5.41, 5.74) is 25.7. The van der Waals surface area contributed by atoms with Crippen molar-refractivity contribution in [1.29, 1.82) is 0 Å². The molecule has 2 saturated heterocycles. The van der Waals surface area contributed by atoms with Crippen LogP contribution in [0.2, 0.25) is 0 Å². The van der Waals surface area contributed by atoms with Gasteiger partial charge in [0.1, 0.15) is 47.6 Å². The molecule has 668 valence electrons. The lowest BCUT2D eigenvalue weighted by Gasteiger charge is -2.34. The number of anilines is 9. The third kappa shape index (κ3) is 22.3. The van der Waals surface area contributed by atoms with Crippen molar-refractivity contribution >= 4 is 140 Å². The number of hydrogen-bond acceptors (Lipinski definition) is 26. The summed E-state index contributed by atoms with van der Waals surface area (Å²) in [4.78, 5) is 208. The van der Waals surface area contributed by atoms with E-state index in [-0.39, 0.29) is 191 Å². The number of hydrogen-bond donors (Lipinski definition) is 18. The highest BCUT2D eigenvalue weighted by Gasteiger charge is 2.36. The molecule has 0 radical (unpaired) electrons. The molecule has 22 N–H and O–H groups in total. The Kier molecular flexibility index (Phi) is 29.1. The number of ether oxygens (including phenoxy) is 1. The maximum absolute atomic E-state index is 14.5. The molecule has 128 heavy (non-hydrogen) atoms. The van der Waals surface area contributed by atoms with E-state index in [1.807, 2.05) is 16.7 Å². The van der Waals surface area contributed by atoms with Gasteiger partial charge in [-0.15, -0.1) is 0 Å². The van der Waals surface area contributed by atoms with E-state index in [1.165, 1.54) is 97.1 Å². The number of nitrogens with one attached hydrogen (secondary N) is 12. The second kappa shape index (κ2) is 41.1. The highest BCUT2D eigenvalue weighted by molar-refractivity contribution is 6.10. The summed E-state index contributed by atoms with van der Waals surface area (Å²) in [5.74, 6) is -10.2. The predicted octanol–water partition coefficient (Wildman–Crippen LogP) is 5.23. The minimum atomic E-state index is -1.32. The summed E-state index contributed by atoms with van der Waals surface area (Å²) in [7, 11) is 0. The van der Waals surface area contributed by atoms with Crippen LogP contribution in [0.4, 0.5) is 52.0 Å². The topological polar surface area (TPSA) is 595 Å². The Morgan fingerprint density at radius 2 is 1.12 bits per heavy atom. The second-order valence-electron chi connectivity index (χ2n) is 31.7. The molecule has 6 aliphatic rings. The van der Waals surface area contributed by atoms with Gasteiger partial charge < -0.3 is 116 Å². The van der Waals surface area contributed by atoms with E-state index < -0.39 is 132 Å². The number of carboxylic acid groups (broad SMARTS) is 1. The lowest BCUT2D eigenvalue weighted by Crippen LogP contribution is -2.55. The fourth-order valence-corrected chi connectivity index (χ4v) is 15.5. The summed E-state index contributed by atoms with van der Waals surface area (Å²) < 4.78 is 12.2. The highest BCUT2D eigenvalue weighted by Crippen LogP contribution is 2.43. The number of phenolic OH excluding ortho intramolecular Hbond substituents is 1. The molecule has 1 aliphatic carbocycles. The Bertz CT molecular complexity index is 5850. The maximum Gasteiger partial charge on any atom is 0.336 e. The van der Waals surface area contributed by atoms with E-state index in [9.17, 15) is 77.3 Å². The molecule has 0 bridgehead atoms. The number of aromatic hydroxyl groups is 1. The molecular weight excluding hydrogens is 1650 g/mol. The predicted molar refractivity (Wildman–Crippen MR) is 474 cm³/mol. The van der Waals surface area contributed by atoms with Crippen LogP contribution in [0.3, 0.4) is 0 Å². The molecular formula is C89H99N21O18. The highest BCUT2D eigenvalue weighted by atomic mass is 16.5. The number of carbonyl (C=O) groups is 13. The van der Waals surface area contributed by atoms with Crippen molar-refractivity contribution < 1.29 is 81.7 Å². The third-order valence-corrected chi connectivity index (χ3v) is 22.8. The van der Waals surface area contributed by atoms with Crippen LogP contribution in [0.5, 0.6) is 11.5 Å². The van der Waals surface area contributed by atoms with Gasteiger partial charge in [-0.3, -0.25) is 62.3 Å². The van der Waals surface area contributed by atoms with Gasteiger partial charge in [0, 0.05) is 124 Å². The van der Waals surface area contributed by atoms with Gasteiger partial charge in [-0.2, -0.15) is 15.0 Å². The fourth-order valence-electron chi connectivity index (χ4n) is 15.5. The lowest BCUT2D eigenvalue weighted by molar-refractivity contribution is -0.128. The average Bonchev–Trinajstić information content (AvgIpc) is 0.744. The van der Waals surface area contributed by atoms with Crippen LogP contribution in [-0.4, -0.2) is 179 Å². The van der Waals surface area contributed by atoms with Crippen LogP contribution in [0, 0.1) is 17.8 Å². The molecule has 39 nitrogen and oxygen atoms in total. The zero-order chi connectivity index (χ0) is 91.0. The number of carboxylic acids is 1. The standard InChI is InChI=1S/C89H99N21O18/c1-3-46(2)76-85(124)102-66(9-5-7-29-91)84(123)103-67-34-49(77(92)116)10-12-51(67)41-94-64-22-15-53(37-62(64)82(121)105-76)98-72(113)42-95-79(118)47-24-30-109(31-25-47)88-106-87(100-55-14-19-58(61(36-55)86(125)126)75-59-20-17-56(111)39-70(59)128-71-40-57(112)18-21-60(71)75)107-89(108-88)110-32-26-48(27-33-110)80(119)96-43-73(114)99-54-16-23-69-63(38-54)81(120)97-44-74(115)101-65(8-4-6-28-90)83(122)104-68-35-50(78(93)117)11-13-52(68)45-127-69/h10-23,34-40,46-48,65-66,76,94,111H,3-9,24-33,41-45,90-91H2,1-2H3,(H2,92,116)(H2,93,117)(H,95,118)(H,96,119)(H,97,120)(H,98,113)(H,99,114)(H,101,115)(H,102,124)(H,103,123)(H,104,122)(H,105,121)(H,125,126)(H,100,106,107,108)/t46-,65-,66-,76-/m0/s1. The van der Waals surface area contributed by atoms with Gasteiger partial charge in [0.15, 0.2) is 5.43 Å². The van der Waals surface area contributed by atoms with Gasteiger partial charge in [0.05, 0.1) is 36.3 Å². The minimum Gasteiger partial charge on any atom is -0.508 e. The van der Waals surface area contributed by atoms with Crippen LogP contribution in [-0.2, 0) is 51.5 Å². The Morgan fingerprint density at radius 1 is 0.555 bits per heavy atom. The average molecular weight is 1750 g/mol. The van der Waals surface area contributed by atoms with Gasteiger partial charge in [0.2, 0.25) is 76.9 Å². The molecule has 5 aliphatic heterocycles. The number of nitrogens with zero attached hydrogens (tertiary/aromatic N) is 5. The van der Waals surface area contributed by atoms with Gasteiger partial charge in [0.25, 0.3) is 11.8 Å². The first kappa shape index (κ1) is 90.6. The molecule has 6 heterocycles. The van der Waals surface area contributed by atoms with Crippen molar-refractivity contribution in [2.75, 3.05) is 101 Å². The smallest absolute Gasteiger partial charge is 0.336 e. The Hall–Kier alpha value is -15.2. The van der Waals surface area contributed by atoms with Gasteiger partial charge >= 0.3 is 5.97 Å². The van der Waals surface area contributed by atoms with Crippen LogP contribution in [0.1, 0.15) is 147 Å². The van der Waals surface area contributed by atoms with Crippen molar-refractivity contribution in [2.45, 2.75) is 116 Å². The first-order valence-electron chi connectivity index (χ1n) is 42.0.